The predicted molar refractivity (Wildman–Crippen MR) is 100 cm³/mol. The summed E-state index contributed by atoms with van der Waals surface area (Å²) in [5.41, 5.74) is -0.0558. The van der Waals surface area contributed by atoms with Gasteiger partial charge in [0.05, 0.1) is 0 Å². The SMILES string of the molecule is O=C(NC12CC3CC(CC(C3)C1)C2)c1onc(Cl)c1Sc1ccccc1. The fourth-order valence-corrected chi connectivity index (χ4v) is 6.77. The minimum absolute atomic E-state index is 0.0558. The molecule has 4 nitrogen and oxygen atoms in total. The van der Waals surface area contributed by atoms with Gasteiger partial charge in [-0.2, -0.15) is 0 Å². The summed E-state index contributed by atoms with van der Waals surface area (Å²) in [5.74, 6) is 2.39. The van der Waals surface area contributed by atoms with Crippen LogP contribution in [-0.2, 0) is 0 Å². The monoisotopic (exact) mass is 388 g/mol. The molecule has 4 aliphatic carbocycles. The molecule has 0 aliphatic heterocycles. The largest absolute Gasteiger partial charge is 0.348 e. The third-order valence-corrected chi connectivity index (χ3v) is 7.66. The first-order chi connectivity index (χ1) is 12.6. The highest BCUT2D eigenvalue weighted by Gasteiger charge is 2.51. The molecule has 0 spiro atoms. The molecular formula is C20H21ClN2O2S. The summed E-state index contributed by atoms with van der Waals surface area (Å²) >= 11 is 7.63. The summed E-state index contributed by atoms with van der Waals surface area (Å²) in [4.78, 5) is 14.6. The average Bonchev–Trinajstić information content (AvgIpc) is 2.95. The molecule has 4 saturated carbocycles. The van der Waals surface area contributed by atoms with E-state index in [1.165, 1.54) is 31.0 Å². The first kappa shape index (κ1) is 16.7. The number of rotatable bonds is 4. The van der Waals surface area contributed by atoms with Crippen molar-refractivity contribution in [2.24, 2.45) is 17.8 Å². The summed E-state index contributed by atoms with van der Waals surface area (Å²) in [5, 5.41) is 7.42. The second-order valence-electron chi connectivity index (χ2n) is 8.20. The number of carbonyl (C=O) groups is 1. The number of hydrogen-bond donors (Lipinski definition) is 1. The van der Waals surface area contributed by atoms with Crippen LogP contribution in [0.1, 0.15) is 49.1 Å². The lowest BCUT2D eigenvalue weighted by molar-refractivity contribution is -0.0173. The van der Waals surface area contributed by atoms with Gasteiger partial charge in [-0.15, -0.1) is 0 Å². The van der Waals surface area contributed by atoms with Crippen molar-refractivity contribution in [3.05, 3.63) is 41.2 Å². The van der Waals surface area contributed by atoms with Crippen molar-refractivity contribution in [2.45, 2.75) is 53.9 Å². The number of nitrogens with one attached hydrogen (secondary N) is 1. The summed E-state index contributed by atoms with van der Waals surface area (Å²) in [7, 11) is 0. The molecule has 1 N–H and O–H groups in total. The van der Waals surface area contributed by atoms with E-state index in [9.17, 15) is 4.79 Å². The molecule has 2 aromatic rings. The van der Waals surface area contributed by atoms with Crippen LogP contribution in [0, 0.1) is 17.8 Å². The molecule has 4 aliphatic rings. The molecule has 6 heteroatoms. The first-order valence-corrected chi connectivity index (χ1v) is 10.5. The summed E-state index contributed by atoms with van der Waals surface area (Å²) in [6.45, 7) is 0. The van der Waals surface area contributed by atoms with Crippen LogP contribution in [-0.4, -0.2) is 16.6 Å². The number of amides is 1. The zero-order valence-electron chi connectivity index (χ0n) is 14.4. The van der Waals surface area contributed by atoms with Gasteiger partial charge in [0.15, 0.2) is 5.15 Å². The van der Waals surface area contributed by atoms with Crippen LogP contribution in [0.25, 0.3) is 0 Å². The highest BCUT2D eigenvalue weighted by atomic mass is 35.5. The smallest absolute Gasteiger partial charge is 0.291 e. The van der Waals surface area contributed by atoms with E-state index in [0.717, 1.165) is 41.9 Å². The molecule has 0 saturated heterocycles. The summed E-state index contributed by atoms with van der Waals surface area (Å²) in [6, 6.07) is 9.83. The number of aromatic nitrogens is 1. The van der Waals surface area contributed by atoms with Gasteiger partial charge in [-0.05, 0) is 68.4 Å². The van der Waals surface area contributed by atoms with Crippen LogP contribution in [0.4, 0.5) is 0 Å². The van der Waals surface area contributed by atoms with Crippen molar-refractivity contribution in [2.75, 3.05) is 0 Å². The molecule has 0 unspecified atom stereocenters. The Balaban J connectivity index is 1.38. The molecule has 4 fully saturated rings. The molecule has 0 atom stereocenters. The topological polar surface area (TPSA) is 55.1 Å². The maximum absolute atomic E-state index is 13.0. The third kappa shape index (κ3) is 2.95. The van der Waals surface area contributed by atoms with Gasteiger partial charge >= 0.3 is 0 Å². The highest BCUT2D eigenvalue weighted by molar-refractivity contribution is 7.99. The van der Waals surface area contributed by atoms with Gasteiger partial charge in [0.2, 0.25) is 5.76 Å². The molecular weight excluding hydrogens is 368 g/mol. The third-order valence-electron chi connectivity index (χ3n) is 6.20. The van der Waals surface area contributed by atoms with Crippen molar-refractivity contribution in [1.29, 1.82) is 0 Å². The van der Waals surface area contributed by atoms with Gasteiger partial charge in [0, 0.05) is 10.4 Å². The molecule has 1 aromatic carbocycles. The van der Waals surface area contributed by atoms with E-state index in [1.54, 1.807) is 0 Å². The fraction of sp³-hybridized carbons (Fsp3) is 0.500. The number of carbonyl (C=O) groups excluding carboxylic acids is 1. The standard InChI is InChI=1S/C20H21ClN2O2S/c21-18-17(26-15-4-2-1-3-5-15)16(25-23-18)19(24)22-20-9-12-6-13(10-20)8-14(7-12)11-20/h1-5,12-14H,6-11H2,(H,22,24). The van der Waals surface area contributed by atoms with Gasteiger partial charge in [-0.1, -0.05) is 46.7 Å². The zero-order valence-corrected chi connectivity index (χ0v) is 16.0. The van der Waals surface area contributed by atoms with Gasteiger partial charge in [-0.3, -0.25) is 4.79 Å². The minimum atomic E-state index is -0.176. The van der Waals surface area contributed by atoms with Crippen molar-refractivity contribution < 1.29 is 9.32 Å². The molecule has 1 aromatic heterocycles. The Bertz CT molecular complexity index is 800. The average molecular weight is 389 g/mol. The van der Waals surface area contributed by atoms with Crippen molar-refractivity contribution in [3.63, 3.8) is 0 Å². The quantitative estimate of drug-likeness (QED) is 0.784. The molecule has 136 valence electrons. The number of halogens is 1. The molecule has 1 amide bonds. The zero-order chi connectivity index (χ0) is 17.7. The number of hydrogen-bond acceptors (Lipinski definition) is 4. The first-order valence-electron chi connectivity index (χ1n) is 9.31. The van der Waals surface area contributed by atoms with E-state index in [-0.39, 0.29) is 22.4 Å². The highest BCUT2D eigenvalue weighted by Crippen LogP contribution is 2.55. The van der Waals surface area contributed by atoms with Gasteiger partial charge < -0.3 is 9.84 Å². The van der Waals surface area contributed by atoms with Crippen LogP contribution in [0.2, 0.25) is 5.15 Å². The van der Waals surface area contributed by atoms with Gasteiger partial charge in [0.25, 0.3) is 5.91 Å². The fourth-order valence-electron chi connectivity index (χ4n) is 5.66. The van der Waals surface area contributed by atoms with Crippen molar-refractivity contribution in [1.82, 2.24) is 10.5 Å². The lowest BCUT2D eigenvalue weighted by Gasteiger charge is -2.56. The van der Waals surface area contributed by atoms with Crippen molar-refractivity contribution in [3.8, 4) is 0 Å². The Morgan fingerprint density at radius 2 is 1.73 bits per heavy atom. The normalized spacial score (nSPS) is 32.0. The van der Waals surface area contributed by atoms with Gasteiger partial charge in [0.1, 0.15) is 4.90 Å². The molecule has 6 rings (SSSR count). The Labute approximate surface area is 162 Å². The van der Waals surface area contributed by atoms with E-state index in [1.807, 2.05) is 30.3 Å². The van der Waals surface area contributed by atoms with E-state index in [4.69, 9.17) is 16.1 Å². The predicted octanol–water partition coefficient (Wildman–Crippen LogP) is 5.18. The second-order valence-corrected chi connectivity index (χ2v) is 9.64. The molecule has 1 heterocycles. The Morgan fingerprint density at radius 1 is 1.12 bits per heavy atom. The van der Waals surface area contributed by atoms with Crippen LogP contribution < -0.4 is 5.32 Å². The van der Waals surface area contributed by atoms with Crippen LogP contribution in [0.15, 0.2) is 44.6 Å². The van der Waals surface area contributed by atoms with Crippen LogP contribution in [0.3, 0.4) is 0 Å². The maximum atomic E-state index is 13.0. The number of nitrogens with zero attached hydrogens (tertiary/aromatic N) is 1. The lowest BCUT2D eigenvalue weighted by Crippen LogP contribution is -2.59. The summed E-state index contributed by atoms with van der Waals surface area (Å²) < 4.78 is 5.33. The Morgan fingerprint density at radius 3 is 2.35 bits per heavy atom. The van der Waals surface area contributed by atoms with E-state index in [2.05, 4.69) is 10.5 Å². The van der Waals surface area contributed by atoms with Crippen molar-refractivity contribution >= 4 is 29.3 Å². The second kappa shape index (κ2) is 6.31. The van der Waals surface area contributed by atoms with Crippen LogP contribution >= 0.6 is 23.4 Å². The van der Waals surface area contributed by atoms with E-state index in [0.29, 0.717) is 4.90 Å². The van der Waals surface area contributed by atoms with E-state index >= 15 is 0 Å². The summed E-state index contributed by atoms with van der Waals surface area (Å²) in [6.07, 6.45) is 7.35. The molecule has 0 radical (unpaired) electrons. The maximum Gasteiger partial charge on any atom is 0.291 e. The molecule has 26 heavy (non-hydrogen) atoms. The molecule has 4 bridgehead atoms. The number of benzene rings is 1. The Kier molecular flexibility index (Phi) is 4.05. The lowest BCUT2D eigenvalue weighted by atomic mass is 9.53. The van der Waals surface area contributed by atoms with E-state index < -0.39 is 0 Å². The van der Waals surface area contributed by atoms with Gasteiger partial charge in [-0.25, -0.2) is 0 Å². The van der Waals surface area contributed by atoms with Crippen LogP contribution in [0.5, 0.6) is 0 Å². The Hall–Kier alpha value is -1.46. The minimum Gasteiger partial charge on any atom is -0.348 e.